The topological polar surface area (TPSA) is 99.7 Å². The molecule has 0 spiro atoms. The van der Waals surface area contributed by atoms with Crippen LogP contribution in [0.15, 0.2) is 24.3 Å². The van der Waals surface area contributed by atoms with E-state index in [0.29, 0.717) is 40.6 Å². The Bertz CT molecular complexity index is 1200. The number of Topliss-reactive ketones (excluding diaryl/α,β-unsaturated/α-hetero) is 1. The molecule has 0 radical (unpaired) electrons. The molecular weight excluding hydrogens is 428 g/mol. The standard InChI is InChI=1S/C23H28N4O4S/c1-5-14-6-9-17(20(10-14)27(3)32(4,30)31)25-18-11-16(12-21(28)15-7-8-15)24-19-13-26(2)23(29)22(18)19/h6,9-11,15H,5,7-8,12-13H2,1-4H3,(H,24,25). The quantitative estimate of drug-likeness (QED) is 0.656. The van der Waals surface area contributed by atoms with Gasteiger partial charge >= 0.3 is 0 Å². The Hall–Kier alpha value is -2.94. The zero-order valence-electron chi connectivity index (χ0n) is 18.8. The molecule has 1 amide bonds. The fourth-order valence-electron chi connectivity index (χ4n) is 3.90. The van der Waals surface area contributed by atoms with Crippen LogP contribution in [-0.4, -0.2) is 50.3 Å². The molecule has 0 bridgehead atoms. The van der Waals surface area contributed by atoms with Gasteiger partial charge in [0.15, 0.2) is 0 Å². The number of hydrogen-bond acceptors (Lipinski definition) is 6. The van der Waals surface area contributed by atoms with E-state index in [9.17, 15) is 18.0 Å². The van der Waals surface area contributed by atoms with E-state index >= 15 is 0 Å². The van der Waals surface area contributed by atoms with E-state index in [1.54, 1.807) is 18.0 Å². The first-order valence-electron chi connectivity index (χ1n) is 10.7. The number of carbonyl (C=O) groups is 2. The highest BCUT2D eigenvalue weighted by atomic mass is 32.2. The first-order valence-corrected chi connectivity index (χ1v) is 12.6. The number of carbonyl (C=O) groups excluding carboxylic acids is 2. The summed E-state index contributed by atoms with van der Waals surface area (Å²) in [6.07, 6.45) is 4.00. The van der Waals surface area contributed by atoms with Crippen molar-refractivity contribution in [3.8, 4) is 0 Å². The number of rotatable bonds is 8. The second-order valence-electron chi connectivity index (χ2n) is 8.62. The Kier molecular flexibility index (Phi) is 5.70. The number of nitrogens with one attached hydrogen (secondary N) is 1. The number of aryl methyl sites for hydroxylation is 1. The van der Waals surface area contributed by atoms with E-state index in [2.05, 4.69) is 10.3 Å². The van der Waals surface area contributed by atoms with Gasteiger partial charge in [0.25, 0.3) is 5.91 Å². The van der Waals surface area contributed by atoms with Crippen LogP contribution in [0.25, 0.3) is 0 Å². The van der Waals surface area contributed by atoms with Crippen molar-refractivity contribution in [1.29, 1.82) is 0 Å². The normalized spacial score (nSPS) is 15.6. The largest absolute Gasteiger partial charge is 0.353 e. The van der Waals surface area contributed by atoms with Gasteiger partial charge in [-0.2, -0.15) is 0 Å². The van der Waals surface area contributed by atoms with E-state index in [4.69, 9.17) is 0 Å². The molecule has 1 aromatic heterocycles. The lowest BCUT2D eigenvalue weighted by atomic mass is 10.1. The van der Waals surface area contributed by atoms with Gasteiger partial charge in [0.1, 0.15) is 5.78 Å². The number of amides is 1. The van der Waals surface area contributed by atoms with Gasteiger partial charge in [-0.15, -0.1) is 0 Å². The number of benzene rings is 1. The third-order valence-corrected chi connectivity index (χ3v) is 7.25. The average Bonchev–Trinajstić information content (AvgIpc) is 3.54. The van der Waals surface area contributed by atoms with Crippen molar-refractivity contribution in [3.63, 3.8) is 0 Å². The van der Waals surface area contributed by atoms with E-state index in [0.717, 1.165) is 31.1 Å². The Morgan fingerprint density at radius 3 is 2.59 bits per heavy atom. The molecule has 2 heterocycles. The molecule has 1 saturated carbocycles. The molecule has 4 rings (SSSR count). The fourth-order valence-corrected chi connectivity index (χ4v) is 4.41. The molecule has 1 aliphatic heterocycles. The minimum atomic E-state index is -3.49. The van der Waals surface area contributed by atoms with Crippen LogP contribution >= 0.6 is 0 Å². The van der Waals surface area contributed by atoms with Crippen LogP contribution in [0.5, 0.6) is 0 Å². The van der Waals surface area contributed by atoms with Gasteiger partial charge in [-0.3, -0.25) is 18.9 Å². The van der Waals surface area contributed by atoms with Gasteiger partial charge in [0, 0.05) is 26.4 Å². The number of hydrogen-bond donors (Lipinski definition) is 1. The molecule has 1 N–H and O–H groups in total. The zero-order chi connectivity index (χ0) is 23.2. The summed E-state index contributed by atoms with van der Waals surface area (Å²) in [6.45, 7) is 2.37. The van der Waals surface area contributed by atoms with Crippen LogP contribution in [0.4, 0.5) is 17.1 Å². The van der Waals surface area contributed by atoms with Gasteiger partial charge < -0.3 is 10.2 Å². The highest BCUT2D eigenvalue weighted by Crippen LogP contribution is 2.36. The highest BCUT2D eigenvalue weighted by molar-refractivity contribution is 7.92. The maximum absolute atomic E-state index is 12.8. The molecule has 0 unspecified atom stereocenters. The van der Waals surface area contributed by atoms with Crippen LogP contribution in [0, 0.1) is 5.92 Å². The fraction of sp³-hybridized carbons (Fsp3) is 0.435. The minimum absolute atomic E-state index is 0.127. The summed E-state index contributed by atoms with van der Waals surface area (Å²) in [5, 5.41) is 3.28. The number of ketones is 1. The van der Waals surface area contributed by atoms with Gasteiger partial charge in [-0.25, -0.2) is 8.42 Å². The van der Waals surface area contributed by atoms with Crippen molar-refractivity contribution >= 4 is 38.8 Å². The third kappa shape index (κ3) is 4.34. The Labute approximate surface area is 188 Å². The van der Waals surface area contributed by atoms with Crippen LogP contribution < -0.4 is 9.62 Å². The third-order valence-electron chi connectivity index (χ3n) is 6.06. The Morgan fingerprint density at radius 1 is 1.25 bits per heavy atom. The van der Waals surface area contributed by atoms with Crippen molar-refractivity contribution in [2.24, 2.45) is 5.92 Å². The summed E-state index contributed by atoms with van der Waals surface area (Å²) in [4.78, 5) is 31.4. The predicted octanol–water partition coefficient (Wildman–Crippen LogP) is 2.89. The summed E-state index contributed by atoms with van der Waals surface area (Å²) in [5.41, 5.74) is 4.29. The summed E-state index contributed by atoms with van der Waals surface area (Å²) < 4.78 is 25.7. The van der Waals surface area contributed by atoms with E-state index in [1.165, 1.54) is 11.4 Å². The van der Waals surface area contributed by atoms with Crippen molar-refractivity contribution in [3.05, 3.63) is 46.8 Å². The number of fused-ring (bicyclic) bond motifs is 1. The molecule has 9 heteroatoms. The molecule has 2 aromatic rings. The second-order valence-corrected chi connectivity index (χ2v) is 10.6. The number of sulfonamides is 1. The molecule has 8 nitrogen and oxygen atoms in total. The average molecular weight is 457 g/mol. The molecule has 1 fully saturated rings. The molecule has 2 aliphatic rings. The van der Waals surface area contributed by atoms with Crippen LogP contribution in [0.1, 0.15) is 47.1 Å². The molecule has 0 saturated heterocycles. The lowest BCUT2D eigenvalue weighted by Crippen LogP contribution is -2.26. The molecule has 170 valence electrons. The number of pyridine rings is 1. The Balaban J connectivity index is 1.78. The maximum Gasteiger partial charge on any atom is 0.257 e. The van der Waals surface area contributed by atoms with Gasteiger partial charge in [0.2, 0.25) is 10.0 Å². The first kappa shape index (κ1) is 22.3. The Morgan fingerprint density at radius 2 is 1.97 bits per heavy atom. The van der Waals surface area contributed by atoms with Crippen LogP contribution in [-0.2, 0) is 34.2 Å². The predicted molar refractivity (Wildman–Crippen MR) is 124 cm³/mol. The van der Waals surface area contributed by atoms with E-state index in [1.807, 2.05) is 25.1 Å². The van der Waals surface area contributed by atoms with Crippen LogP contribution in [0.2, 0.25) is 0 Å². The van der Waals surface area contributed by atoms with Crippen molar-refractivity contribution in [2.45, 2.75) is 39.2 Å². The van der Waals surface area contributed by atoms with Gasteiger partial charge in [-0.1, -0.05) is 13.0 Å². The zero-order valence-corrected chi connectivity index (χ0v) is 19.6. The number of anilines is 3. The van der Waals surface area contributed by atoms with Crippen LogP contribution in [0.3, 0.4) is 0 Å². The van der Waals surface area contributed by atoms with Gasteiger partial charge in [0.05, 0.1) is 46.8 Å². The molecule has 1 aromatic carbocycles. The van der Waals surface area contributed by atoms with Crippen molar-refractivity contribution in [2.75, 3.05) is 30.0 Å². The summed E-state index contributed by atoms with van der Waals surface area (Å²) in [7, 11) is -0.277. The van der Waals surface area contributed by atoms with E-state index < -0.39 is 10.0 Å². The monoisotopic (exact) mass is 456 g/mol. The molecule has 1 aliphatic carbocycles. The molecule has 32 heavy (non-hydrogen) atoms. The first-order chi connectivity index (χ1) is 15.1. The lowest BCUT2D eigenvalue weighted by molar-refractivity contribution is -0.119. The van der Waals surface area contributed by atoms with Crippen molar-refractivity contribution < 1.29 is 18.0 Å². The smallest absolute Gasteiger partial charge is 0.257 e. The van der Waals surface area contributed by atoms with Crippen molar-refractivity contribution in [1.82, 2.24) is 9.88 Å². The second kappa shape index (κ2) is 8.20. The molecule has 0 atom stereocenters. The minimum Gasteiger partial charge on any atom is -0.353 e. The lowest BCUT2D eigenvalue weighted by Gasteiger charge is -2.22. The maximum atomic E-state index is 12.8. The summed E-state index contributed by atoms with van der Waals surface area (Å²) >= 11 is 0. The van der Waals surface area contributed by atoms with E-state index in [-0.39, 0.29) is 24.0 Å². The summed E-state index contributed by atoms with van der Waals surface area (Å²) in [6, 6.07) is 7.32. The number of nitrogens with zero attached hydrogens (tertiary/aromatic N) is 3. The van der Waals surface area contributed by atoms with Gasteiger partial charge in [-0.05, 0) is 43.0 Å². The SMILES string of the molecule is CCc1ccc(Nc2cc(CC(=O)C3CC3)nc3c2C(=O)N(C)C3)c(N(C)S(C)(=O)=O)c1. The summed E-state index contributed by atoms with van der Waals surface area (Å²) in [5.74, 6) is 0.145. The molecular formula is C23H28N4O4S. The number of aromatic nitrogens is 1. The highest BCUT2D eigenvalue weighted by Gasteiger charge is 2.33.